The van der Waals surface area contributed by atoms with Crippen molar-refractivity contribution in [3.63, 3.8) is 0 Å². The lowest BCUT2D eigenvalue weighted by atomic mass is 10.1. The summed E-state index contributed by atoms with van der Waals surface area (Å²) in [7, 11) is 0. The molecule has 3 N–H and O–H groups in total. The highest BCUT2D eigenvalue weighted by Crippen LogP contribution is 2.36. The molecule has 1 saturated carbocycles. The molecule has 1 aromatic carbocycles. The largest absolute Gasteiger partial charge is 0.503 e. The quantitative estimate of drug-likeness (QED) is 0.677. The van der Waals surface area contributed by atoms with Crippen LogP contribution in [0, 0.1) is 17.6 Å². The second-order valence-electron chi connectivity index (χ2n) is 7.68. The summed E-state index contributed by atoms with van der Waals surface area (Å²) in [5, 5.41) is 12.6. The Labute approximate surface area is 175 Å². The summed E-state index contributed by atoms with van der Waals surface area (Å²) in [5.41, 5.74) is -1.70. The second-order valence-corrected chi connectivity index (χ2v) is 7.68. The maximum Gasteiger partial charge on any atom is 0.274 e. The van der Waals surface area contributed by atoms with E-state index in [1.165, 1.54) is 6.07 Å². The van der Waals surface area contributed by atoms with Gasteiger partial charge in [-0.15, -0.1) is 0 Å². The van der Waals surface area contributed by atoms with Crippen molar-refractivity contribution in [1.29, 1.82) is 0 Å². The van der Waals surface area contributed by atoms with Crippen molar-refractivity contribution in [3.8, 4) is 5.75 Å². The molecule has 31 heavy (non-hydrogen) atoms. The van der Waals surface area contributed by atoms with E-state index < -0.39 is 40.2 Å². The number of carbonyl (C=O) groups excluding carboxylic acids is 2. The summed E-state index contributed by atoms with van der Waals surface area (Å²) in [6.07, 6.45) is 2.71. The Bertz CT molecular complexity index is 1090. The predicted octanol–water partition coefficient (Wildman–Crippen LogP) is 1.54. The SMILES string of the molecule is O=C(NCc1ccc(F)cc1F)c1c[nH]c(C(=O)N2CCCOC3CC3C2)c(O)c1=O. The van der Waals surface area contributed by atoms with Crippen LogP contribution in [0.15, 0.2) is 29.2 Å². The van der Waals surface area contributed by atoms with Gasteiger partial charge in [0.1, 0.15) is 17.2 Å². The lowest BCUT2D eigenvalue weighted by Gasteiger charge is -2.24. The minimum atomic E-state index is -1.01. The number of H-pyrrole nitrogens is 1. The van der Waals surface area contributed by atoms with Crippen LogP contribution in [0.25, 0.3) is 0 Å². The number of halogens is 2. The number of aromatic hydroxyl groups is 1. The summed E-state index contributed by atoms with van der Waals surface area (Å²) in [6, 6.07) is 2.90. The van der Waals surface area contributed by atoms with Crippen LogP contribution >= 0.6 is 0 Å². The first-order valence-corrected chi connectivity index (χ1v) is 9.92. The number of nitrogens with one attached hydrogen (secondary N) is 2. The highest BCUT2D eigenvalue weighted by Gasteiger charge is 2.41. The number of hydrogen-bond donors (Lipinski definition) is 3. The normalized spacial score (nSPS) is 20.4. The van der Waals surface area contributed by atoms with Gasteiger partial charge >= 0.3 is 0 Å². The molecule has 1 aliphatic carbocycles. The highest BCUT2D eigenvalue weighted by atomic mass is 19.1. The molecule has 2 unspecified atom stereocenters. The Morgan fingerprint density at radius 1 is 1.32 bits per heavy atom. The number of nitrogens with zero attached hydrogens (tertiary/aromatic N) is 1. The maximum absolute atomic E-state index is 13.7. The number of aromatic nitrogens is 1. The average molecular weight is 433 g/mol. The first-order valence-electron chi connectivity index (χ1n) is 9.92. The van der Waals surface area contributed by atoms with E-state index in [0.29, 0.717) is 32.2 Å². The third-order valence-corrected chi connectivity index (χ3v) is 5.47. The molecule has 2 atom stereocenters. The Kier molecular flexibility index (Phi) is 5.73. The van der Waals surface area contributed by atoms with Gasteiger partial charge in [0.05, 0.1) is 6.10 Å². The number of ether oxygens (including phenoxy) is 1. The number of pyridine rings is 1. The minimum Gasteiger partial charge on any atom is -0.503 e. The molecule has 2 amide bonds. The van der Waals surface area contributed by atoms with Gasteiger partial charge in [-0.25, -0.2) is 8.78 Å². The molecule has 10 heteroatoms. The molecule has 2 aromatic rings. The van der Waals surface area contributed by atoms with Crippen molar-refractivity contribution < 1.29 is 28.2 Å². The third-order valence-electron chi connectivity index (χ3n) is 5.47. The Morgan fingerprint density at radius 3 is 2.90 bits per heavy atom. The van der Waals surface area contributed by atoms with Crippen molar-refractivity contribution in [2.75, 3.05) is 19.7 Å². The van der Waals surface area contributed by atoms with Crippen LogP contribution in [0.1, 0.15) is 39.3 Å². The number of fused-ring (bicyclic) bond motifs is 1. The zero-order valence-electron chi connectivity index (χ0n) is 16.5. The Morgan fingerprint density at radius 2 is 2.13 bits per heavy atom. The van der Waals surface area contributed by atoms with Gasteiger partial charge in [-0.1, -0.05) is 6.07 Å². The standard InChI is InChI=1S/C21H21F2N3O5/c22-13-3-2-11(15(23)7-13)8-25-20(29)14-9-24-17(19(28)18(14)27)21(30)26-4-1-5-31-16-6-12(16)10-26/h2-3,7,9,12,16,28H,1,4-6,8,10H2,(H,24,27)(H,25,29). The molecule has 164 valence electrons. The first kappa shape index (κ1) is 21.0. The van der Waals surface area contributed by atoms with E-state index in [0.717, 1.165) is 18.7 Å². The van der Waals surface area contributed by atoms with Crippen LogP contribution in [0.5, 0.6) is 5.75 Å². The fraction of sp³-hybridized carbons (Fsp3) is 0.381. The number of rotatable bonds is 4. The summed E-state index contributed by atoms with van der Waals surface area (Å²) < 4.78 is 32.3. The molecule has 0 bridgehead atoms. The summed E-state index contributed by atoms with van der Waals surface area (Å²) in [5.74, 6) is -3.59. The van der Waals surface area contributed by atoms with Gasteiger partial charge in [0.15, 0.2) is 11.4 Å². The Hall–Kier alpha value is -3.27. The summed E-state index contributed by atoms with van der Waals surface area (Å²) in [4.78, 5) is 41.8. The van der Waals surface area contributed by atoms with E-state index in [4.69, 9.17) is 4.74 Å². The van der Waals surface area contributed by atoms with Crippen molar-refractivity contribution >= 4 is 11.8 Å². The monoisotopic (exact) mass is 433 g/mol. The van der Waals surface area contributed by atoms with Crippen LogP contribution in [0.2, 0.25) is 0 Å². The maximum atomic E-state index is 13.7. The van der Waals surface area contributed by atoms with E-state index in [1.54, 1.807) is 4.90 Å². The van der Waals surface area contributed by atoms with Gasteiger partial charge in [0, 0.05) is 50.0 Å². The fourth-order valence-electron chi connectivity index (χ4n) is 3.61. The van der Waals surface area contributed by atoms with Gasteiger partial charge in [0.25, 0.3) is 11.8 Å². The van der Waals surface area contributed by atoms with E-state index in [-0.39, 0.29) is 29.8 Å². The number of carbonyl (C=O) groups is 2. The molecular weight excluding hydrogens is 412 g/mol. The van der Waals surface area contributed by atoms with Gasteiger partial charge in [-0.3, -0.25) is 14.4 Å². The van der Waals surface area contributed by atoms with Crippen molar-refractivity contribution in [3.05, 3.63) is 63.1 Å². The van der Waals surface area contributed by atoms with Gasteiger partial charge in [-0.2, -0.15) is 0 Å². The molecule has 4 rings (SSSR count). The summed E-state index contributed by atoms with van der Waals surface area (Å²) in [6.45, 7) is 1.15. The average Bonchev–Trinajstić information content (AvgIpc) is 3.45. The van der Waals surface area contributed by atoms with Crippen LogP contribution in [0.3, 0.4) is 0 Å². The zero-order chi connectivity index (χ0) is 22.1. The zero-order valence-corrected chi connectivity index (χ0v) is 16.5. The smallest absolute Gasteiger partial charge is 0.274 e. The van der Waals surface area contributed by atoms with Crippen molar-refractivity contribution in [2.24, 2.45) is 5.92 Å². The predicted molar refractivity (Wildman–Crippen MR) is 105 cm³/mol. The Balaban J connectivity index is 1.48. The molecule has 0 spiro atoms. The van der Waals surface area contributed by atoms with Crippen LogP contribution in [-0.4, -0.2) is 52.6 Å². The minimum absolute atomic E-state index is 0.0293. The van der Waals surface area contributed by atoms with Crippen molar-refractivity contribution in [1.82, 2.24) is 15.2 Å². The number of hydrogen-bond acceptors (Lipinski definition) is 5. The molecule has 1 aliphatic heterocycles. The van der Waals surface area contributed by atoms with Crippen LogP contribution in [-0.2, 0) is 11.3 Å². The van der Waals surface area contributed by atoms with E-state index >= 15 is 0 Å². The lowest BCUT2D eigenvalue weighted by Crippen LogP contribution is -2.37. The highest BCUT2D eigenvalue weighted by molar-refractivity contribution is 5.98. The molecule has 0 radical (unpaired) electrons. The van der Waals surface area contributed by atoms with E-state index in [9.17, 15) is 28.3 Å². The molecule has 1 saturated heterocycles. The molecule has 8 nitrogen and oxygen atoms in total. The molecule has 1 aromatic heterocycles. The molecule has 2 heterocycles. The topological polar surface area (TPSA) is 112 Å². The van der Waals surface area contributed by atoms with E-state index in [2.05, 4.69) is 10.3 Å². The molecular formula is C21H21F2N3O5. The molecule has 2 fully saturated rings. The second kappa shape index (κ2) is 8.46. The molecule has 2 aliphatic rings. The van der Waals surface area contributed by atoms with Crippen molar-refractivity contribution in [2.45, 2.75) is 25.5 Å². The van der Waals surface area contributed by atoms with E-state index in [1.807, 2.05) is 0 Å². The first-order chi connectivity index (χ1) is 14.8. The lowest BCUT2D eigenvalue weighted by molar-refractivity contribution is 0.0558. The van der Waals surface area contributed by atoms with Gasteiger partial charge in [-0.05, 0) is 18.9 Å². The number of amides is 2. The third kappa shape index (κ3) is 4.43. The van der Waals surface area contributed by atoms with Gasteiger partial charge in [0.2, 0.25) is 5.43 Å². The number of benzene rings is 1. The van der Waals surface area contributed by atoms with Crippen LogP contribution < -0.4 is 10.7 Å². The fourth-order valence-corrected chi connectivity index (χ4v) is 3.61. The summed E-state index contributed by atoms with van der Waals surface area (Å²) >= 11 is 0. The van der Waals surface area contributed by atoms with Gasteiger partial charge < -0.3 is 25.0 Å². The van der Waals surface area contributed by atoms with Crippen LogP contribution in [0.4, 0.5) is 8.78 Å². The number of aromatic amines is 1.